The Hall–Kier alpha value is -2.07. The molecule has 5 heteroatoms. The van der Waals surface area contributed by atoms with Crippen molar-refractivity contribution in [2.75, 3.05) is 6.61 Å². The van der Waals surface area contributed by atoms with Crippen LogP contribution in [0.5, 0.6) is 5.75 Å². The fraction of sp³-hybridized carbons (Fsp3) is 0.400. The van der Waals surface area contributed by atoms with Gasteiger partial charge in [0.05, 0.1) is 6.61 Å². The average Bonchev–Trinajstić information content (AvgIpc) is 3.45. The molecule has 0 radical (unpaired) electrons. The van der Waals surface area contributed by atoms with Gasteiger partial charge in [-0.1, -0.05) is 17.7 Å². The maximum Gasteiger partial charge on any atom is 0.223 e. The molecule has 4 nitrogen and oxygen atoms in total. The summed E-state index contributed by atoms with van der Waals surface area (Å²) < 4.78 is 5.73. The molecule has 1 fully saturated rings. The molecule has 0 saturated heterocycles. The molecule has 0 bridgehead atoms. The Balaban J connectivity index is 1.46. The Morgan fingerprint density at radius 3 is 2.88 bits per heavy atom. The second-order valence-corrected chi connectivity index (χ2v) is 6.88. The van der Waals surface area contributed by atoms with Gasteiger partial charge in [-0.25, -0.2) is 0 Å². The SMILES string of the molecule is Cc1cc(OCCCC(=O)N(Cc2cccnc2)C2CC2)ccc1Cl. The highest BCUT2D eigenvalue weighted by atomic mass is 35.5. The van der Waals surface area contributed by atoms with Crippen LogP contribution in [0.25, 0.3) is 0 Å². The molecule has 2 aromatic rings. The van der Waals surface area contributed by atoms with Gasteiger partial charge in [0.1, 0.15) is 5.75 Å². The monoisotopic (exact) mass is 358 g/mol. The molecular formula is C20H23ClN2O2. The highest BCUT2D eigenvalue weighted by molar-refractivity contribution is 6.31. The number of aromatic nitrogens is 1. The smallest absolute Gasteiger partial charge is 0.223 e. The van der Waals surface area contributed by atoms with E-state index in [1.165, 1.54) is 0 Å². The molecule has 132 valence electrons. The Morgan fingerprint density at radius 1 is 1.36 bits per heavy atom. The number of amides is 1. The van der Waals surface area contributed by atoms with Crippen molar-refractivity contribution < 1.29 is 9.53 Å². The first-order valence-corrected chi connectivity index (χ1v) is 9.08. The lowest BCUT2D eigenvalue weighted by molar-refractivity contribution is -0.132. The number of nitrogens with zero attached hydrogens (tertiary/aromatic N) is 2. The highest BCUT2D eigenvalue weighted by Crippen LogP contribution is 2.29. The van der Waals surface area contributed by atoms with Crippen LogP contribution in [0.4, 0.5) is 0 Å². The molecule has 1 aliphatic rings. The summed E-state index contributed by atoms with van der Waals surface area (Å²) in [6, 6.07) is 9.93. The second kappa shape index (κ2) is 8.34. The van der Waals surface area contributed by atoms with E-state index in [4.69, 9.17) is 16.3 Å². The minimum atomic E-state index is 0.197. The van der Waals surface area contributed by atoms with Crippen molar-refractivity contribution >= 4 is 17.5 Å². The van der Waals surface area contributed by atoms with E-state index in [-0.39, 0.29) is 5.91 Å². The summed E-state index contributed by atoms with van der Waals surface area (Å²) in [4.78, 5) is 18.7. The average molecular weight is 359 g/mol. The zero-order valence-corrected chi connectivity index (χ0v) is 15.2. The van der Waals surface area contributed by atoms with Crippen LogP contribution >= 0.6 is 11.6 Å². The van der Waals surface area contributed by atoms with Gasteiger partial charge >= 0.3 is 0 Å². The minimum Gasteiger partial charge on any atom is -0.494 e. The summed E-state index contributed by atoms with van der Waals surface area (Å²) in [5, 5.41) is 0.734. The molecule has 1 aliphatic carbocycles. The van der Waals surface area contributed by atoms with Gasteiger partial charge in [0, 0.05) is 36.4 Å². The van der Waals surface area contributed by atoms with E-state index in [0.29, 0.717) is 32.0 Å². The maximum absolute atomic E-state index is 12.6. The Kier molecular flexibility index (Phi) is 5.92. The summed E-state index contributed by atoms with van der Waals surface area (Å²) in [5.74, 6) is 0.992. The number of halogens is 1. The van der Waals surface area contributed by atoms with Gasteiger partial charge in [-0.15, -0.1) is 0 Å². The summed E-state index contributed by atoms with van der Waals surface area (Å²) in [6.07, 6.45) is 7.00. The number of ether oxygens (including phenoxy) is 1. The van der Waals surface area contributed by atoms with Crippen molar-refractivity contribution in [2.45, 2.75) is 45.2 Å². The summed E-state index contributed by atoms with van der Waals surface area (Å²) in [7, 11) is 0. The topological polar surface area (TPSA) is 42.4 Å². The standard InChI is InChI=1S/C20H23ClN2O2/c1-15-12-18(8-9-19(15)21)25-11-3-5-20(24)23(17-6-7-17)14-16-4-2-10-22-13-16/h2,4,8-10,12-13,17H,3,5-7,11,14H2,1H3. The van der Waals surface area contributed by atoms with E-state index in [1.807, 2.05) is 48.4 Å². The van der Waals surface area contributed by atoms with Gasteiger partial charge in [-0.2, -0.15) is 0 Å². The second-order valence-electron chi connectivity index (χ2n) is 6.48. The number of hydrogen-bond acceptors (Lipinski definition) is 3. The molecular weight excluding hydrogens is 336 g/mol. The lowest BCUT2D eigenvalue weighted by atomic mass is 10.2. The number of aryl methyl sites for hydroxylation is 1. The fourth-order valence-electron chi connectivity index (χ4n) is 2.76. The van der Waals surface area contributed by atoms with Crippen molar-refractivity contribution in [3.63, 3.8) is 0 Å². The van der Waals surface area contributed by atoms with Gasteiger partial charge in [0.2, 0.25) is 5.91 Å². The van der Waals surface area contributed by atoms with Crippen LogP contribution in [-0.2, 0) is 11.3 Å². The zero-order chi connectivity index (χ0) is 17.6. The lowest BCUT2D eigenvalue weighted by Crippen LogP contribution is -2.32. The molecule has 0 atom stereocenters. The van der Waals surface area contributed by atoms with E-state index in [0.717, 1.165) is 34.7 Å². The van der Waals surface area contributed by atoms with Crippen molar-refractivity contribution in [3.05, 3.63) is 58.9 Å². The normalized spacial score (nSPS) is 13.5. The van der Waals surface area contributed by atoms with Crippen molar-refractivity contribution in [2.24, 2.45) is 0 Å². The number of rotatable bonds is 8. The third-order valence-corrected chi connectivity index (χ3v) is 4.74. The molecule has 25 heavy (non-hydrogen) atoms. The van der Waals surface area contributed by atoms with Crippen LogP contribution < -0.4 is 4.74 Å². The molecule has 0 aliphatic heterocycles. The van der Waals surface area contributed by atoms with Crippen LogP contribution in [0.3, 0.4) is 0 Å². The van der Waals surface area contributed by atoms with E-state index >= 15 is 0 Å². The Labute approximate surface area is 153 Å². The first-order valence-electron chi connectivity index (χ1n) is 8.71. The number of pyridine rings is 1. The number of benzene rings is 1. The minimum absolute atomic E-state index is 0.197. The van der Waals surface area contributed by atoms with E-state index < -0.39 is 0 Å². The first-order chi connectivity index (χ1) is 12.1. The molecule has 0 spiro atoms. The maximum atomic E-state index is 12.6. The number of carbonyl (C=O) groups excluding carboxylic acids is 1. The van der Waals surface area contributed by atoms with Crippen molar-refractivity contribution in [1.29, 1.82) is 0 Å². The van der Waals surface area contributed by atoms with Crippen LogP contribution in [0.15, 0.2) is 42.7 Å². The molecule has 1 saturated carbocycles. The van der Waals surface area contributed by atoms with Crippen LogP contribution in [-0.4, -0.2) is 28.4 Å². The van der Waals surface area contributed by atoms with Crippen LogP contribution in [0.1, 0.15) is 36.8 Å². The zero-order valence-electron chi connectivity index (χ0n) is 14.5. The molecule has 1 aromatic heterocycles. The molecule has 0 N–H and O–H groups in total. The van der Waals surface area contributed by atoms with Gasteiger partial charge in [-0.3, -0.25) is 9.78 Å². The van der Waals surface area contributed by atoms with Gasteiger partial charge < -0.3 is 9.64 Å². The Morgan fingerprint density at radius 2 is 2.20 bits per heavy atom. The fourth-order valence-corrected chi connectivity index (χ4v) is 2.88. The van der Waals surface area contributed by atoms with Crippen LogP contribution in [0.2, 0.25) is 5.02 Å². The largest absolute Gasteiger partial charge is 0.494 e. The molecule has 0 unspecified atom stereocenters. The molecule has 3 rings (SSSR count). The molecule has 1 amide bonds. The first kappa shape index (κ1) is 17.7. The van der Waals surface area contributed by atoms with Gasteiger partial charge in [0.25, 0.3) is 0 Å². The number of hydrogen-bond donors (Lipinski definition) is 0. The van der Waals surface area contributed by atoms with E-state index in [9.17, 15) is 4.79 Å². The van der Waals surface area contributed by atoms with Crippen molar-refractivity contribution in [3.8, 4) is 5.75 Å². The van der Waals surface area contributed by atoms with Gasteiger partial charge in [0.15, 0.2) is 0 Å². The molecule has 1 aromatic carbocycles. The highest BCUT2D eigenvalue weighted by Gasteiger charge is 2.32. The summed E-state index contributed by atoms with van der Waals surface area (Å²) in [5.41, 5.74) is 2.07. The van der Waals surface area contributed by atoms with E-state index in [2.05, 4.69) is 4.98 Å². The third-order valence-electron chi connectivity index (χ3n) is 4.32. The quantitative estimate of drug-likeness (QED) is 0.657. The third kappa shape index (κ3) is 5.20. The molecule has 1 heterocycles. The predicted octanol–water partition coefficient (Wildman–Crippen LogP) is 4.39. The van der Waals surface area contributed by atoms with Crippen molar-refractivity contribution in [1.82, 2.24) is 9.88 Å². The Bertz CT molecular complexity index is 717. The van der Waals surface area contributed by atoms with Gasteiger partial charge in [-0.05, 0) is 61.6 Å². The van der Waals surface area contributed by atoms with E-state index in [1.54, 1.807) is 6.20 Å². The van der Waals surface area contributed by atoms with Crippen LogP contribution in [0, 0.1) is 6.92 Å². The summed E-state index contributed by atoms with van der Waals surface area (Å²) >= 11 is 6.01. The predicted molar refractivity (Wildman–Crippen MR) is 98.7 cm³/mol. The lowest BCUT2D eigenvalue weighted by Gasteiger charge is -2.22. The number of carbonyl (C=O) groups is 1. The summed E-state index contributed by atoms with van der Waals surface area (Å²) in [6.45, 7) is 3.12.